The normalized spacial score (nSPS) is 10.6. The molecule has 0 fully saturated rings. The molecule has 3 aromatic heterocycles. The Kier molecular flexibility index (Phi) is 3.53. The van der Waals surface area contributed by atoms with Gasteiger partial charge >= 0.3 is 0 Å². The Labute approximate surface area is 128 Å². The first-order valence-electron chi connectivity index (χ1n) is 6.13. The summed E-state index contributed by atoms with van der Waals surface area (Å²) in [5.41, 5.74) is 1.78. The van der Waals surface area contributed by atoms with Crippen LogP contribution in [0.1, 0.15) is 10.5 Å². The number of nitrogens with zero attached hydrogens (tertiary/aromatic N) is 4. The van der Waals surface area contributed by atoms with E-state index in [4.69, 9.17) is 0 Å². The molecule has 0 aliphatic heterocycles. The molecule has 3 heterocycles. The number of nitrogens with one attached hydrogen (secondary N) is 2. The van der Waals surface area contributed by atoms with Gasteiger partial charge in [0, 0.05) is 13.2 Å². The molecule has 8 heteroatoms. The number of hydrogen-bond donors (Lipinski definition) is 2. The third kappa shape index (κ3) is 2.70. The van der Waals surface area contributed by atoms with Crippen LogP contribution < -0.4 is 10.6 Å². The molecule has 0 radical (unpaired) electrons. The summed E-state index contributed by atoms with van der Waals surface area (Å²) in [6.07, 6.45) is 3.37. The zero-order chi connectivity index (χ0) is 14.8. The lowest BCUT2D eigenvalue weighted by Gasteiger charge is -2.02. The van der Waals surface area contributed by atoms with Crippen molar-refractivity contribution in [3.05, 3.63) is 46.8 Å². The first-order valence-corrected chi connectivity index (χ1v) is 6.93. The van der Waals surface area contributed by atoms with Gasteiger partial charge < -0.3 is 10.6 Å². The molecular weight excluding hydrogens is 336 g/mol. The Hall–Kier alpha value is -2.48. The lowest BCUT2D eigenvalue weighted by molar-refractivity contribution is 0.0958. The number of carbonyl (C=O) groups excluding carboxylic acids is 1. The van der Waals surface area contributed by atoms with Gasteiger partial charge in [-0.15, -0.1) is 5.10 Å². The molecule has 0 aliphatic rings. The highest BCUT2D eigenvalue weighted by molar-refractivity contribution is 9.10. The SMILES string of the molecule is CNC(=O)c1ccc(Nc2nc3c(Br)cccn3n2)cn1. The van der Waals surface area contributed by atoms with Crippen molar-refractivity contribution in [1.82, 2.24) is 24.9 Å². The summed E-state index contributed by atoms with van der Waals surface area (Å²) < 4.78 is 2.53. The maximum absolute atomic E-state index is 11.4. The average molecular weight is 347 g/mol. The van der Waals surface area contributed by atoms with Crippen LogP contribution in [0, 0.1) is 0 Å². The van der Waals surface area contributed by atoms with Gasteiger partial charge in [-0.05, 0) is 40.2 Å². The summed E-state index contributed by atoms with van der Waals surface area (Å²) in [5, 5.41) is 9.87. The Morgan fingerprint density at radius 1 is 1.33 bits per heavy atom. The zero-order valence-corrected chi connectivity index (χ0v) is 12.6. The van der Waals surface area contributed by atoms with Crippen molar-refractivity contribution < 1.29 is 4.79 Å². The van der Waals surface area contributed by atoms with Gasteiger partial charge in [-0.3, -0.25) is 4.79 Å². The van der Waals surface area contributed by atoms with Crippen LogP contribution in [-0.4, -0.2) is 32.5 Å². The molecule has 7 nitrogen and oxygen atoms in total. The van der Waals surface area contributed by atoms with E-state index in [-0.39, 0.29) is 5.91 Å². The smallest absolute Gasteiger partial charge is 0.269 e. The zero-order valence-electron chi connectivity index (χ0n) is 11.0. The van der Waals surface area contributed by atoms with Crippen LogP contribution in [-0.2, 0) is 0 Å². The van der Waals surface area contributed by atoms with Gasteiger partial charge in [0.25, 0.3) is 5.91 Å². The highest BCUT2D eigenvalue weighted by Crippen LogP contribution is 2.19. The number of carbonyl (C=O) groups is 1. The molecule has 0 saturated carbocycles. The van der Waals surface area contributed by atoms with Crippen LogP contribution in [0.15, 0.2) is 41.1 Å². The summed E-state index contributed by atoms with van der Waals surface area (Å²) in [5.74, 6) is 0.229. The summed E-state index contributed by atoms with van der Waals surface area (Å²) in [6, 6.07) is 7.15. The maximum atomic E-state index is 11.4. The molecule has 0 aromatic carbocycles. The first kappa shape index (κ1) is 13.5. The van der Waals surface area contributed by atoms with Gasteiger partial charge in [-0.1, -0.05) is 0 Å². The highest BCUT2D eigenvalue weighted by Gasteiger charge is 2.08. The molecule has 0 bridgehead atoms. The fourth-order valence-corrected chi connectivity index (χ4v) is 2.21. The van der Waals surface area contributed by atoms with Crippen LogP contribution >= 0.6 is 15.9 Å². The maximum Gasteiger partial charge on any atom is 0.269 e. The predicted octanol–water partition coefficient (Wildman–Crippen LogP) is 1.99. The van der Waals surface area contributed by atoms with Crippen molar-refractivity contribution in [1.29, 1.82) is 0 Å². The van der Waals surface area contributed by atoms with Crippen molar-refractivity contribution in [2.24, 2.45) is 0 Å². The molecule has 2 N–H and O–H groups in total. The van der Waals surface area contributed by atoms with E-state index in [1.807, 2.05) is 18.3 Å². The molecule has 0 unspecified atom stereocenters. The molecule has 0 atom stereocenters. The van der Waals surface area contributed by atoms with Gasteiger partial charge in [-0.25, -0.2) is 9.50 Å². The van der Waals surface area contributed by atoms with Crippen LogP contribution in [0.25, 0.3) is 5.65 Å². The molecular formula is C13H11BrN6O. The van der Waals surface area contributed by atoms with E-state index in [2.05, 4.69) is 41.6 Å². The second kappa shape index (κ2) is 5.49. The molecule has 106 valence electrons. The van der Waals surface area contributed by atoms with E-state index < -0.39 is 0 Å². The van der Waals surface area contributed by atoms with Crippen molar-refractivity contribution in [2.45, 2.75) is 0 Å². The molecule has 0 aliphatic carbocycles. The minimum absolute atomic E-state index is 0.226. The standard InChI is InChI=1S/C13H11BrN6O/c1-15-12(21)10-5-4-8(7-16-10)17-13-18-11-9(14)3-2-6-20(11)19-13/h2-7H,1H3,(H,15,21)(H,17,19). The summed E-state index contributed by atoms with van der Waals surface area (Å²) in [6.45, 7) is 0. The van der Waals surface area contributed by atoms with Crippen molar-refractivity contribution in [2.75, 3.05) is 12.4 Å². The monoisotopic (exact) mass is 346 g/mol. The van der Waals surface area contributed by atoms with E-state index in [1.54, 1.807) is 29.9 Å². The number of pyridine rings is 2. The topological polar surface area (TPSA) is 84.2 Å². The summed E-state index contributed by atoms with van der Waals surface area (Å²) in [4.78, 5) is 19.8. The number of rotatable bonds is 3. The highest BCUT2D eigenvalue weighted by atomic mass is 79.9. The molecule has 3 aromatic rings. The number of hydrogen-bond acceptors (Lipinski definition) is 5. The molecule has 0 spiro atoms. The summed E-state index contributed by atoms with van der Waals surface area (Å²) >= 11 is 3.42. The number of anilines is 2. The minimum atomic E-state index is -0.226. The van der Waals surface area contributed by atoms with Crippen LogP contribution in [0.4, 0.5) is 11.6 Å². The van der Waals surface area contributed by atoms with Crippen LogP contribution in [0.2, 0.25) is 0 Å². The van der Waals surface area contributed by atoms with E-state index in [1.165, 1.54) is 0 Å². The van der Waals surface area contributed by atoms with Crippen molar-refractivity contribution in [3.8, 4) is 0 Å². The Morgan fingerprint density at radius 3 is 2.86 bits per heavy atom. The summed E-state index contributed by atoms with van der Waals surface area (Å²) in [7, 11) is 1.56. The second-order valence-electron chi connectivity index (χ2n) is 4.20. The number of amides is 1. The minimum Gasteiger partial charge on any atom is -0.354 e. The van der Waals surface area contributed by atoms with Gasteiger partial charge in [0.15, 0.2) is 5.65 Å². The fraction of sp³-hybridized carbons (Fsp3) is 0.0769. The number of fused-ring (bicyclic) bond motifs is 1. The third-order valence-electron chi connectivity index (χ3n) is 2.79. The van der Waals surface area contributed by atoms with Crippen molar-refractivity contribution in [3.63, 3.8) is 0 Å². The predicted molar refractivity (Wildman–Crippen MR) is 81.6 cm³/mol. The Balaban J connectivity index is 1.85. The quantitative estimate of drug-likeness (QED) is 0.757. The third-order valence-corrected chi connectivity index (χ3v) is 3.41. The lowest BCUT2D eigenvalue weighted by Crippen LogP contribution is -2.18. The Morgan fingerprint density at radius 2 is 2.19 bits per heavy atom. The molecule has 1 amide bonds. The van der Waals surface area contributed by atoms with Gasteiger partial charge in [0.05, 0.1) is 16.4 Å². The first-order chi connectivity index (χ1) is 10.2. The average Bonchev–Trinajstić information content (AvgIpc) is 2.91. The lowest BCUT2D eigenvalue weighted by atomic mass is 10.3. The van der Waals surface area contributed by atoms with E-state index in [9.17, 15) is 4.79 Å². The van der Waals surface area contributed by atoms with Crippen LogP contribution in [0.5, 0.6) is 0 Å². The van der Waals surface area contributed by atoms with E-state index >= 15 is 0 Å². The largest absolute Gasteiger partial charge is 0.354 e. The van der Waals surface area contributed by atoms with E-state index in [0.29, 0.717) is 17.3 Å². The fourth-order valence-electron chi connectivity index (χ4n) is 1.79. The number of halogens is 1. The molecule has 3 rings (SSSR count). The van der Waals surface area contributed by atoms with Gasteiger partial charge in [-0.2, -0.15) is 4.98 Å². The second-order valence-corrected chi connectivity index (χ2v) is 5.05. The van der Waals surface area contributed by atoms with E-state index in [0.717, 1.165) is 10.1 Å². The van der Waals surface area contributed by atoms with Crippen LogP contribution in [0.3, 0.4) is 0 Å². The molecule has 0 saturated heterocycles. The van der Waals surface area contributed by atoms with Gasteiger partial charge in [0.2, 0.25) is 5.95 Å². The van der Waals surface area contributed by atoms with Crippen molar-refractivity contribution >= 4 is 39.1 Å². The Bertz CT molecular complexity index is 798. The van der Waals surface area contributed by atoms with Gasteiger partial charge in [0.1, 0.15) is 5.69 Å². The number of aromatic nitrogens is 4. The molecule has 21 heavy (non-hydrogen) atoms.